The number of ether oxygens (including phenoxy) is 1. The Kier molecular flexibility index (Phi) is 4.55. The molecule has 0 saturated heterocycles. The van der Waals surface area contributed by atoms with Gasteiger partial charge in [-0.3, -0.25) is 0 Å². The van der Waals surface area contributed by atoms with Gasteiger partial charge in [-0.1, -0.05) is 27.7 Å². The molecule has 0 fully saturated rings. The molecule has 0 unspecified atom stereocenters. The van der Waals surface area contributed by atoms with Crippen molar-refractivity contribution in [2.75, 3.05) is 7.11 Å². The molecule has 3 heteroatoms. The number of hydrogen-bond donors (Lipinski definition) is 1. The zero-order valence-electron chi connectivity index (χ0n) is 11.1. The van der Waals surface area contributed by atoms with Crippen LogP contribution in [0.1, 0.15) is 39.3 Å². The third-order valence-corrected chi connectivity index (χ3v) is 2.57. The van der Waals surface area contributed by atoms with Gasteiger partial charge in [0.05, 0.1) is 7.11 Å². The minimum Gasteiger partial charge on any atom is -0.494 e. The van der Waals surface area contributed by atoms with Crippen molar-refractivity contribution in [2.45, 2.75) is 33.6 Å². The quantitative estimate of drug-likeness (QED) is 0.819. The van der Waals surface area contributed by atoms with Gasteiger partial charge in [0.2, 0.25) is 0 Å². The molecule has 0 amide bonds. The summed E-state index contributed by atoms with van der Waals surface area (Å²) in [6, 6.07) is 5.32. The molecule has 94 valence electrons. The van der Waals surface area contributed by atoms with E-state index >= 15 is 0 Å². The van der Waals surface area contributed by atoms with Crippen molar-refractivity contribution in [3.63, 3.8) is 0 Å². The Hall–Kier alpha value is -1.51. The van der Waals surface area contributed by atoms with E-state index in [1.54, 1.807) is 6.07 Å². The fourth-order valence-electron chi connectivity index (χ4n) is 1.64. The van der Waals surface area contributed by atoms with Crippen molar-refractivity contribution in [1.82, 2.24) is 4.98 Å². The minimum atomic E-state index is -0.293. The SMILES string of the molecule is CC.COc1ccc2[nH]c(C(C)C)cc2c1F. The van der Waals surface area contributed by atoms with Crippen LogP contribution >= 0.6 is 0 Å². The van der Waals surface area contributed by atoms with Crippen molar-refractivity contribution < 1.29 is 9.13 Å². The van der Waals surface area contributed by atoms with Crippen LogP contribution < -0.4 is 4.74 Å². The van der Waals surface area contributed by atoms with Gasteiger partial charge >= 0.3 is 0 Å². The van der Waals surface area contributed by atoms with Gasteiger partial charge in [0.1, 0.15) is 0 Å². The lowest BCUT2D eigenvalue weighted by Gasteiger charge is -2.00. The van der Waals surface area contributed by atoms with Crippen LogP contribution in [0.4, 0.5) is 4.39 Å². The molecule has 17 heavy (non-hydrogen) atoms. The van der Waals surface area contributed by atoms with Gasteiger partial charge in [-0.05, 0) is 24.1 Å². The van der Waals surface area contributed by atoms with Crippen LogP contribution in [0.25, 0.3) is 10.9 Å². The standard InChI is InChI=1S/C12H14FNO.C2H6/c1-7(2)10-6-8-9(14-10)4-5-11(15-3)12(8)13;1-2/h4-7,14H,1-3H3;1-2H3. The lowest BCUT2D eigenvalue weighted by Crippen LogP contribution is -1.87. The van der Waals surface area contributed by atoms with Gasteiger partial charge < -0.3 is 9.72 Å². The Morgan fingerprint density at radius 2 is 1.88 bits per heavy atom. The summed E-state index contributed by atoms with van der Waals surface area (Å²) >= 11 is 0. The van der Waals surface area contributed by atoms with Crippen molar-refractivity contribution >= 4 is 10.9 Å². The van der Waals surface area contributed by atoms with E-state index in [0.717, 1.165) is 11.2 Å². The van der Waals surface area contributed by atoms with Crippen molar-refractivity contribution in [3.8, 4) is 5.75 Å². The molecular weight excluding hydrogens is 217 g/mol. The molecule has 1 N–H and O–H groups in total. The van der Waals surface area contributed by atoms with E-state index in [4.69, 9.17) is 4.74 Å². The van der Waals surface area contributed by atoms with Gasteiger partial charge in [-0.25, -0.2) is 4.39 Å². The second kappa shape index (κ2) is 5.71. The number of halogens is 1. The predicted molar refractivity (Wildman–Crippen MR) is 70.2 cm³/mol. The Bertz CT molecular complexity index is 488. The minimum absolute atomic E-state index is 0.289. The lowest BCUT2D eigenvalue weighted by molar-refractivity contribution is 0.389. The first-order chi connectivity index (χ1) is 8.13. The number of rotatable bonds is 2. The Morgan fingerprint density at radius 1 is 1.24 bits per heavy atom. The van der Waals surface area contributed by atoms with E-state index in [1.165, 1.54) is 7.11 Å². The highest BCUT2D eigenvalue weighted by Crippen LogP contribution is 2.28. The summed E-state index contributed by atoms with van der Waals surface area (Å²) in [6.45, 7) is 8.14. The van der Waals surface area contributed by atoms with Gasteiger partial charge in [0.15, 0.2) is 11.6 Å². The molecule has 0 bridgehead atoms. The van der Waals surface area contributed by atoms with Crippen LogP contribution in [0, 0.1) is 5.82 Å². The topological polar surface area (TPSA) is 25.0 Å². The summed E-state index contributed by atoms with van der Waals surface area (Å²) < 4.78 is 18.7. The van der Waals surface area contributed by atoms with Crippen LogP contribution in [0.2, 0.25) is 0 Å². The summed E-state index contributed by atoms with van der Waals surface area (Å²) in [5.41, 5.74) is 1.86. The molecule has 1 heterocycles. The average Bonchev–Trinajstić information content (AvgIpc) is 2.77. The van der Waals surface area contributed by atoms with Crippen LogP contribution in [-0.2, 0) is 0 Å². The molecular formula is C14H20FNO. The Labute approximate surface area is 102 Å². The third kappa shape index (κ3) is 2.60. The first kappa shape index (κ1) is 13.6. The lowest BCUT2D eigenvalue weighted by atomic mass is 10.1. The zero-order valence-corrected chi connectivity index (χ0v) is 11.1. The van der Waals surface area contributed by atoms with Crippen molar-refractivity contribution in [1.29, 1.82) is 0 Å². The fraction of sp³-hybridized carbons (Fsp3) is 0.429. The summed E-state index contributed by atoms with van der Waals surface area (Å²) in [6.07, 6.45) is 0. The summed E-state index contributed by atoms with van der Waals surface area (Å²) in [5.74, 6) is 0.359. The van der Waals surface area contributed by atoms with E-state index in [1.807, 2.05) is 26.0 Å². The molecule has 0 radical (unpaired) electrons. The maximum Gasteiger partial charge on any atom is 0.174 e. The molecule has 2 nitrogen and oxygen atoms in total. The summed E-state index contributed by atoms with van der Waals surface area (Å²) in [4.78, 5) is 3.19. The van der Waals surface area contributed by atoms with E-state index in [2.05, 4.69) is 18.8 Å². The molecule has 1 aromatic carbocycles. The van der Waals surface area contributed by atoms with Gasteiger partial charge in [-0.15, -0.1) is 0 Å². The average molecular weight is 237 g/mol. The first-order valence-corrected chi connectivity index (χ1v) is 5.98. The number of fused-ring (bicyclic) bond motifs is 1. The maximum absolute atomic E-state index is 13.8. The molecule has 0 aliphatic heterocycles. The molecule has 2 rings (SSSR count). The Morgan fingerprint density at radius 3 is 2.41 bits per heavy atom. The van der Waals surface area contributed by atoms with Gasteiger partial charge in [-0.2, -0.15) is 0 Å². The van der Waals surface area contributed by atoms with Crippen LogP contribution in [0.15, 0.2) is 18.2 Å². The van der Waals surface area contributed by atoms with Gasteiger partial charge in [0.25, 0.3) is 0 Å². The Balaban J connectivity index is 0.000000686. The van der Waals surface area contributed by atoms with Crippen LogP contribution in [-0.4, -0.2) is 12.1 Å². The summed E-state index contributed by atoms with van der Waals surface area (Å²) in [7, 11) is 1.47. The highest BCUT2D eigenvalue weighted by Gasteiger charge is 2.11. The van der Waals surface area contributed by atoms with Crippen LogP contribution in [0.3, 0.4) is 0 Å². The number of aromatic nitrogens is 1. The van der Waals surface area contributed by atoms with E-state index < -0.39 is 0 Å². The van der Waals surface area contributed by atoms with Crippen molar-refractivity contribution in [2.24, 2.45) is 0 Å². The van der Waals surface area contributed by atoms with Crippen LogP contribution in [0.5, 0.6) is 5.75 Å². The second-order valence-electron chi connectivity index (χ2n) is 3.92. The summed E-state index contributed by atoms with van der Waals surface area (Å²) in [5, 5.41) is 0.595. The van der Waals surface area contributed by atoms with E-state index in [-0.39, 0.29) is 11.6 Å². The zero-order chi connectivity index (χ0) is 13.0. The van der Waals surface area contributed by atoms with Crippen molar-refractivity contribution in [3.05, 3.63) is 29.7 Å². The van der Waals surface area contributed by atoms with E-state index in [9.17, 15) is 4.39 Å². The molecule has 0 aliphatic rings. The monoisotopic (exact) mass is 237 g/mol. The highest BCUT2D eigenvalue weighted by molar-refractivity contribution is 5.83. The number of aromatic amines is 1. The second-order valence-corrected chi connectivity index (χ2v) is 3.92. The largest absolute Gasteiger partial charge is 0.494 e. The smallest absolute Gasteiger partial charge is 0.174 e. The number of nitrogens with one attached hydrogen (secondary N) is 1. The number of hydrogen-bond acceptors (Lipinski definition) is 1. The number of benzene rings is 1. The molecule has 0 aliphatic carbocycles. The maximum atomic E-state index is 13.8. The predicted octanol–water partition coefficient (Wildman–Crippen LogP) is 4.47. The number of H-pyrrole nitrogens is 1. The van der Waals surface area contributed by atoms with Gasteiger partial charge in [0, 0.05) is 16.6 Å². The third-order valence-electron chi connectivity index (χ3n) is 2.57. The fourth-order valence-corrected chi connectivity index (χ4v) is 1.64. The molecule has 1 aromatic heterocycles. The first-order valence-electron chi connectivity index (χ1n) is 5.98. The highest BCUT2D eigenvalue weighted by atomic mass is 19.1. The molecule has 0 spiro atoms. The molecule has 2 aromatic rings. The molecule has 0 atom stereocenters. The molecule has 0 saturated carbocycles. The number of methoxy groups -OCH3 is 1. The van der Waals surface area contributed by atoms with E-state index in [0.29, 0.717) is 11.3 Å². The normalized spacial score (nSPS) is 10.3.